The molecule has 0 bridgehead atoms. The fourth-order valence-electron chi connectivity index (χ4n) is 3.13. The van der Waals surface area contributed by atoms with E-state index in [1.807, 2.05) is 0 Å². The van der Waals surface area contributed by atoms with Gasteiger partial charge < -0.3 is 0 Å². The average molecular weight is 256 g/mol. The Bertz CT molecular complexity index is 519. The third kappa shape index (κ3) is 2.51. The Morgan fingerprint density at radius 3 is 2.06 bits per heavy atom. The van der Waals surface area contributed by atoms with E-state index in [2.05, 4.69) is 58.9 Å². The molecule has 18 heavy (non-hydrogen) atoms. The maximum Gasteiger partial charge on any atom is 0.0341 e. The molecule has 0 aliphatic heterocycles. The number of hydrogen-bond acceptors (Lipinski definition) is 0. The van der Waals surface area contributed by atoms with Gasteiger partial charge in [-0.05, 0) is 42.4 Å². The summed E-state index contributed by atoms with van der Waals surface area (Å²) in [5, 5.41) is 1.66. The molecular formula is C17H24Si. The van der Waals surface area contributed by atoms with Crippen molar-refractivity contribution in [2.24, 2.45) is 5.41 Å². The lowest BCUT2D eigenvalue weighted by Gasteiger charge is -2.25. The number of aryl methyl sites for hydroxylation is 2. The standard InChI is InChI=1S/C17H24Si/c1-11-8-12(2)10-13(9-11)14-6-7-15(18)16(14)17(3,4)5/h6,8-10H,7H2,1-5,18H3. The second-order valence-electron chi connectivity index (χ2n) is 6.60. The molecule has 1 aromatic carbocycles. The molecule has 0 heterocycles. The first-order valence-electron chi connectivity index (χ1n) is 6.78. The van der Waals surface area contributed by atoms with Crippen molar-refractivity contribution in [1.29, 1.82) is 0 Å². The van der Waals surface area contributed by atoms with Crippen molar-refractivity contribution in [2.75, 3.05) is 0 Å². The van der Waals surface area contributed by atoms with Gasteiger partial charge in [-0.1, -0.05) is 61.4 Å². The molecule has 1 aromatic rings. The van der Waals surface area contributed by atoms with Crippen LogP contribution in [0.25, 0.3) is 5.57 Å². The predicted molar refractivity (Wildman–Crippen MR) is 84.9 cm³/mol. The molecular weight excluding hydrogens is 232 g/mol. The third-order valence-corrected chi connectivity index (χ3v) is 4.50. The monoisotopic (exact) mass is 256 g/mol. The minimum Gasteiger partial charge on any atom is -0.0838 e. The van der Waals surface area contributed by atoms with Crippen LogP contribution in [0.15, 0.2) is 35.0 Å². The Morgan fingerprint density at radius 2 is 1.56 bits per heavy atom. The van der Waals surface area contributed by atoms with Crippen molar-refractivity contribution < 1.29 is 0 Å². The van der Waals surface area contributed by atoms with Crippen molar-refractivity contribution in [2.45, 2.75) is 41.0 Å². The molecule has 1 aliphatic rings. The topological polar surface area (TPSA) is 0 Å². The number of rotatable bonds is 1. The fourth-order valence-corrected chi connectivity index (χ4v) is 4.35. The van der Waals surface area contributed by atoms with Crippen LogP contribution in [0.4, 0.5) is 0 Å². The van der Waals surface area contributed by atoms with Gasteiger partial charge in [0.2, 0.25) is 0 Å². The highest BCUT2D eigenvalue weighted by Crippen LogP contribution is 2.43. The lowest BCUT2D eigenvalue weighted by Crippen LogP contribution is -2.12. The zero-order valence-corrected chi connectivity index (χ0v) is 14.5. The van der Waals surface area contributed by atoms with Gasteiger partial charge in [0.15, 0.2) is 0 Å². The summed E-state index contributed by atoms with van der Waals surface area (Å²) in [5.74, 6) is 0. The summed E-state index contributed by atoms with van der Waals surface area (Å²) in [6.45, 7) is 11.4. The van der Waals surface area contributed by atoms with Crippen LogP contribution in [-0.4, -0.2) is 10.2 Å². The van der Waals surface area contributed by atoms with E-state index in [1.165, 1.54) is 38.9 Å². The Kier molecular flexibility index (Phi) is 3.37. The first kappa shape index (κ1) is 13.4. The molecule has 0 fully saturated rings. The molecule has 0 spiro atoms. The van der Waals surface area contributed by atoms with Crippen LogP contribution >= 0.6 is 0 Å². The van der Waals surface area contributed by atoms with Gasteiger partial charge in [0.05, 0.1) is 0 Å². The molecule has 0 amide bonds. The average Bonchev–Trinajstić information content (AvgIpc) is 2.57. The molecule has 0 unspecified atom stereocenters. The van der Waals surface area contributed by atoms with E-state index >= 15 is 0 Å². The lowest BCUT2D eigenvalue weighted by molar-refractivity contribution is 0.520. The van der Waals surface area contributed by atoms with Gasteiger partial charge in [0.1, 0.15) is 0 Å². The second-order valence-corrected chi connectivity index (χ2v) is 7.81. The van der Waals surface area contributed by atoms with Gasteiger partial charge >= 0.3 is 0 Å². The molecule has 1 heteroatoms. The first-order chi connectivity index (χ1) is 8.29. The van der Waals surface area contributed by atoms with Crippen molar-refractivity contribution >= 4 is 15.8 Å². The summed E-state index contributed by atoms with van der Waals surface area (Å²) < 4.78 is 0. The van der Waals surface area contributed by atoms with E-state index in [0.717, 1.165) is 0 Å². The Labute approximate surface area is 114 Å². The zero-order chi connectivity index (χ0) is 13.5. The van der Waals surface area contributed by atoms with E-state index in [-0.39, 0.29) is 5.41 Å². The van der Waals surface area contributed by atoms with Crippen LogP contribution in [0.5, 0.6) is 0 Å². The first-order valence-corrected chi connectivity index (χ1v) is 7.78. The highest BCUT2D eigenvalue weighted by atomic mass is 28.1. The van der Waals surface area contributed by atoms with Crippen LogP contribution in [0.1, 0.15) is 43.9 Å². The molecule has 0 atom stereocenters. The van der Waals surface area contributed by atoms with E-state index in [9.17, 15) is 0 Å². The Balaban J connectivity index is 2.52. The minimum atomic E-state index is 0.261. The lowest BCUT2D eigenvalue weighted by atomic mass is 9.80. The molecule has 0 nitrogen and oxygen atoms in total. The van der Waals surface area contributed by atoms with Crippen LogP contribution in [0, 0.1) is 19.3 Å². The van der Waals surface area contributed by atoms with Gasteiger partial charge in [-0.25, -0.2) is 0 Å². The van der Waals surface area contributed by atoms with Gasteiger partial charge in [0, 0.05) is 10.2 Å². The summed E-state index contributed by atoms with van der Waals surface area (Å²) in [7, 11) is 1.18. The second kappa shape index (κ2) is 4.54. The zero-order valence-electron chi connectivity index (χ0n) is 12.5. The maximum absolute atomic E-state index is 2.43. The highest BCUT2D eigenvalue weighted by molar-refractivity contribution is 6.24. The van der Waals surface area contributed by atoms with Crippen molar-refractivity contribution in [3.63, 3.8) is 0 Å². The predicted octanol–water partition coefficient (Wildman–Crippen LogP) is 3.76. The third-order valence-electron chi connectivity index (χ3n) is 3.59. The highest BCUT2D eigenvalue weighted by Gasteiger charge is 2.26. The van der Waals surface area contributed by atoms with E-state index in [4.69, 9.17) is 0 Å². The summed E-state index contributed by atoms with van der Waals surface area (Å²) in [5.41, 5.74) is 7.47. The number of hydrogen-bond donors (Lipinski definition) is 0. The summed E-state index contributed by atoms with van der Waals surface area (Å²) in [6, 6.07) is 6.90. The molecule has 0 radical (unpaired) electrons. The van der Waals surface area contributed by atoms with Gasteiger partial charge in [-0.15, -0.1) is 0 Å². The van der Waals surface area contributed by atoms with Gasteiger partial charge in [-0.2, -0.15) is 0 Å². The van der Waals surface area contributed by atoms with Crippen LogP contribution in [0.2, 0.25) is 0 Å². The van der Waals surface area contributed by atoms with Crippen LogP contribution < -0.4 is 0 Å². The molecule has 0 saturated heterocycles. The summed E-state index contributed by atoms with van der Waals surface area (Å²) in [4.78, 5) is 0. The van der Waals surface area contributed by atoms with E-state index in [0.29, 0.717) is 0 Å². The molecule has 1 aliphatic carbocycles. The maximum atomic E-state index is 2.43. The largest absolute Gasteiger partial charge is 0.0838 e. The summed E-state index contributed by atoms with van der Waals surface area (Å²) >= 11 is 0. The van der Waals surface area contributed by atoms with Gasteiger partial charge in [-0.3, -0.25) is 0 Å². The molecule has 0 aromatic heterocycles. The molecule has 0 N–H and O–H groups in total. The molecule has 0 saturated carbocycles. The van der Waals surface area contributed by atoms with Crippen molar-refractivity contribution in [3.8, 4) is 0 Å². The van der Waals surface area contributed by atoms with E-state index < -0.39 is 0 Å². The van der Waals surface area contributed by atoms with Crippen LogP contribution in [0.3, 0.4) is 0 Å². The minimum absolute atomic E-state index is 0.261. The normalized spacial score (nSPS) is 16.4. The fraction of sp³-hybridized carbons (Fsp3) is 0.412. The quantitative estimate of drug-likeness (QED) is 0.671. The summed E-state index contributed by atoms with van der Waals surface area (Å²) in [6.07, 6.45) is 3.60. The Hall–Kier alpha value is -1.08. The van der Waals surface area contributed by atoms with Crippen molar-refractivity contribution in [3.05, 3.63) is 51.7 Å². The van der Waals surface area contributed by atoms with Crippen LogP contribution in [-0.2, 0) is 0 Å². The number of benzene rings is 1. The Morgan fingerprint density at radius 1 is 1.00 bits per heavy atom. The molecule has 2 rings (SSSR count). The number of allylic oxidation sites excluding steroid dienone is 4. The molecule has 96 valence electrons. The van der Waals surface area contributed by atoms with E-state index in [1.54, 1.807) is 10.8 Å². The SMILES string of the molecule is Cc1cc(C)cc(C2=CCC([SiH3])=C2C(C)(C)C)c1. The smallest absolute Gasteiger partial charge is 0.0341 e. The van der Waals surface area contributed by atoms with Crippen molar-refractivity contribution in [1.82, 2.24) is 0 Å². The van der Waals surface area contributed by atoms with Gasteiger partial charge in [0.25, 0.3) is 0 Å².